The third kappa shape index (κ3) is 3.65. The van der Waals surface area contributed by atoms with Crippen molar-refractivity contribution in [2.45, 2.75) is 99.4 Å². The summed E-state index contributed by atoms with van der Waals surface area (Å²) in [7, 11) is 1.61. The first-order valence-corrected chi connectivity index (χ1v) is 13.7. The first-order chi connectivity index (χ1) is 17.1. The number of esters is 2. The van der Waals surface area contributed by atoms with Gasteiger partial charge in [-0.15, -0.1) is 0 Å². The zero-order valence-corrected chi connectivity index (χ0v) is 24.0. The molecule has 0 spiro atoms. The second kappa shape index (κ2) is 8.93. The lowest BCUT2D eigenvalue weighted by molar-refractivity contribution is -0.264. The van der Waals surface area contributed by atoms with Gasteiger partial charge in [0.15, 0.2) is 5.78 Å². The summed E-state index contributed by atoms with van der Waals surface area (Å²) < 4.78 is 18.4. The Morgan fingerprint density at radius 1 is 1.14 bits per heavy atom. The van der Waals surface area contributed by atoms with Crippen molar-refractivity contribution >= 4 is 17.7 Å². The van der Waals surface area contributed by atoms with Gasteiger partial charge in [-0.25, -0.2) is 4.79 Å². The Hall–Kier alpha value is -2.21. The summed E-state index contributed by atoms with van der Waals surface area (Å²) >= 11 is 0. The molecule has 2 fully saturated rings. The Kier molecular flexibility index (Phi) is 6.71. The van der Waals surface area contributed by atoms with E-state index in [0.717, 1.165) is 36.8 Å². The zero-order valence-electron chi connectivity index (χ0n) is 24.0. The zero-order chi connectivity index (χ0) is 27.6. The standard InChI is InChI=1S/C31H44O6/c1-10-11-12-19(2)31(35-9)29(7)16-13-21-28(6)15-14-24(33)27(4,5)22(28)17-25(36-20(3)32)30(21,8)23(29)18-26(34)37-31/h12,14-15,18,21-22,25H,10-11,13,16-17H2,1-9H3/b19-12+/t21-,22?,25-,28-,29-,30-,31+/m1/s1. The van der Waals surface area contributed by atoms with Crippen molar-refractivity contribution in [2.75, 3.05) is 7.11 Å². The van der Waals surface area contributed by atoms with Crippen LogP contribution >= 0.6 is 0 Å². The third-order valence-corrected chi connectivity index (χ3v) is 10.6. The quantitative estimate of drug-likeness (QED) is 0.327. The van der Waals surface area contributed by atoms with Crippen LogP contribution in [-0.4, -0.2) is 36.7 Å². The van der Waals surface area contributed by atoms with E-state index < -0.39 is 34.1 Å². The van der Waals surface area contributed by atoms with Crippen molar-refractivity contribution in [2.24, 2.45) is 33.5 Å². The molecule has 6 nitrogen and oxygen atoms in total. The van der Waals surface area contributed by atoms with Gasteiger partial charge in [0.2, 0.25) is 5.79 Å². The van der Waals surface area contributed by atoms with Crippen LogP contribution in [0, 0.1) is 33.5 Å². The minimum absolute atomic E-state index is 0.00112. The lowest BCUT2D eigenvalue weighted by Gasteiger charge is -2.68. The Bertz CT molecular complexity index is 1100. The Morgan fingerprint density at radius 3 is 2.41 bits per heavy atom. The van der Waals surface area contributed by atoms with Gasteiger partial charge < -0.3 is 14.2 Å². The molecule has 4 aliphatic rings. The van der Waals surface area contributed by atoms with Crippen molar-refractivity contribution < 1.29 is 28.6 Å². The SMILES string of the molecule is CCC/C=C(\C)[C@]1(OC)OC(=O)C=C2[C@]3(C)[C@H](OC(C)=O)CC4C(C)(C)C(=O)C=C[C@]4(C)[C@H]3CC[C@]21C. The monoisotopic (exact) mass is 512 g/mol. The number of rotatable bonds is 5. The molecule has 2 saturated carbocycles. The number of ketones is 1. The number of unbranched alkanes of at least 4 members (excludes halogenated alkanes) is 1. The maximum atomic E-state index is 13.3. The summed E-state index contributed by atoms with van der Waals surface area (Å²) in [6.07, 6.45) is 11.0. The number of carbonyl (C=O) groups excluding carboxylic acids is 3. The van der Waals surface area contributed by atoms with Crippen molar-refractivity contribution in [1.29, 1.82) is 0 Å². The predicted octanol–water partition coefficient (Wildman–Crippen LogP) is 6.10. The molecule has 7 atom stereocenters. The second-order valence-electron chi connectivity index (χ2n) is 12.9. The van der Waals surface area contributed by atoms with Gasteiger partial charge in [0.05, 0.1) is 5.41 Å². The molecule has 0 bridgehead atoms. The molecule has 0 aromatic rings. The van der Waals surface area contributed by atoms with Crippen molar-refractivity contribution in [1.82, 2.24) is 0 Å². The fraction of sp³-hybridized carbons (Fsp3) is 0.710. The first-order valence-electron chi connectivity index (χ1n) is 13.7. The van der Waals surface area contributed by atoms with E-state index in [4.69, 9.17) is 14.2 Å². The summed E-state index contributed by atoms with van der Waals surface area (Å²) in [6.45, 7) is 16.1. The van der Waals surface area contributed by atoms with Gasteiger partial charge in [-0.2, -0.15) is 0 Å². The molecule has 3 aliphatic carbocycles. The minimum atomic E-state index is -1.24. The third-order valence-electron chi connectivity index (χ3n) is 10.6. The summed E-state index contributed by atoms with van der Waals surface area (Å²) in [6, 6.07) is 0. The number of carbonyl (C=O) groups is 3. The smallest absolute Gasteiger partial charge is 0.333 e. The van der Waals surface area contributed by atoms with Crippen LogP contribution in [0.15, 0.2) is 35.5 Å². The van der Waals surface area contributed by atoms with E-state index in [2.05, 4.69) is 39.8 Å². The van der Waals surface area contributed by atoms with Gasteiger partial charge in [0.25, 0.3) is 0 Å². The molecule has 0 radical (unpaired) electrons. The first kappa shape index (κ1) is 27.8. The highest BCUT2D eigenvalue weighted by Gasteiger charge is 2.71. The van der Waals surface area contributed by atoms with Crippen molar-refractivity contribution in [3.8, 4) is 0 Å². The highest BCUT2D eigenvalue weighted by Crippen LogP contribution is 2.72. The molecule has 0 aromatic heterocycles. The fourth-order valence-corrected chi connectivity index (χ4v) is 8.77. The molecule has 0 amide bonds. The van der Waals surface area contributed by atoms with Crippen LogP contribution in [0.2, 0.25) is 0 Å². The van der Waals surface area contributed by atoms with Crippen LogP contribution in [0.1, 0.15) is 87.5 Å². The van der Waals surface area contributed by atoms with Crippen LogP contribution in [0.4, 0.5) is 0 Å². The Labute approximate surface area is 221 Å². The van der Waals surface area contributed by atoms with E-state index in [0.29, 0.717) is 6.42 Å². The van der Waals surface area contributed by atoms with E-state index >= 15 is 0 Å². The van der Waals surface area contributed by atoms with Gasteiger partial charge in [0.1, 0.15) is 6.10 Å². The topological polar surface area (TPSA) is 78.9 Å². The molecule has 0 N–H and O–H groups in total. The second-order valence-corrected chi connectivity index (χ2v) is 12.9. The number of hydrogen-bond donors (Lipinski definition) is 0. The number of allylic oxidation sites excluding steroid dienone is 3. The minimum Gasteiger partial charge on any atom is -0.462 e. The maximum Gasteiger partial charge on any atom is 0.333 e. The van der Waals surface area contributed by atoms with E-state index in [1.54, 1.807) is 19.3 Å². The van der Waals surface area contributed by atoms with Crippen LogP contribution in [-0.2, 0) is 28.6 Å². The average molecular weight is 513 g/mol. The van der Waals surface area contributed by atoms with Gasteiger partial charge in [-0.05, 0) is 74.0 Å². The molecule has 0 aromatic carbocycles. The summed E-state index contributed by atoms with van der Waals surface area (Å²) in [5.41, 5.74) is -0.393. The molecule has 1 aliphatic heterocycles. The number of cyclic esters (lactones) is 1. The molecule has 204 valence electrons. The fourth-order valence-electron chi connectivity index (χ4n) is 8.77. The normalized spacial score (nSPS) is 42.7. The van der Waals surface area contributed by atoms with E-state index in [1.165, 1.54) is 6.92 Å². The predicted molar refractivity (Wildman–Crippen MR) is 141 cm³/mol. The van der Waals surface area contributed by atoms with Crippen molar-refractivity contribution in [3.63, 3.8) is 0 Å². The van der Waals surface area contributed by atoms with Crippen LogP contribution < -0.4 is 0 Å². The van der Waals surface area contributed by atoms with Crippen LogP contribution in [0.3, 0.4) is 0 Å². The highest BCUT2D eigenvalue weighted by atomic mass is 16.7. The summed E-state index contributed by atoms with van der Waals surface area (Å²) in [5.74, 6) is -1.88. The largest absolute Gasteiger partial charge is 0.462 e. The lowest BCUT2D eigenvalue weighted by atomic mass is 9.37. The van der Waals surface area contributed by atoms with Gasteiger partial charge >= 0.3 is 11.9 Å². The summed E-state index contributed by atoms with van der Waals surface area (Å²) in [5, 5.41) is 0. The number of fused-ring (bicyclic) bond motifs is 5. The van der Waals surface area contributed by atoms with E-state index in [-0.39, 0.29) is 29.0 Å². The Morgan fingerprint density at radius 2 is 1.81 bits per heavy atom. The van der Waals surface area contributed by atoms with Crippen molar-refractivity contribution in [3.05, 3.63) is 35.5 Å². The van der Waals surface area contributed by atoms with E-state index in [9.17, 15) is 14.4 Å². The number of methoxy groups -OCH3 is 1. The number of ether oxygens (including phenoxy) is 3. The average Bonchev–Trinajstić information content (AvgIpc) is 2.82. The molecule has 37 heavy (non-hydrogen) atoms. The molecule has 1 unspecified atom stereocenters. The maximum absolute atomic E-state index is 13.3. The molecule has 1 heterocycles. The highest BCUT2D eigenvalue weighted by molar-refractivity contribution is 5.96. The molecular formula is C31H44O6. The molecule has 0 saturated heterocycles. The molecule has 6 heteroatoms. The number of hydrogen-bond acceptors (Lipinski definition) is 6. The summed E-state index contributed by atoms with van der Waals surface area (Å²) in [4.78, 5) is 38.8. The van der Waals surface area contributed by atoms with Crippen LogP contribution in [0.25, 0.3) is 0 Å². The molecule has 4 rings (SSSR count). The van der Waals surface area contributed by atoms with Gasteiger partial charge in [0, 0.05) is 30.9 Å². The Balaban J connectivity index is 1.96. The van der Waals surface area contributed by atoms with Gasteiger partial charge in [-0.1, -0.05) is 53.2 Å². The molecular weight excluding hydrogens is 468 g/mol. The lowest BCUT2D eigenvalue weighted by Crippen LogP contribution is -2.68. The van der Waals surface area contributed by atoms with Gasteiger partial charge in [-0.3, -0.25) is 9.59 Å². The van der Waals surface area contributed by atoms with Crippen LogP contribution in [0.5, 0.6) is 0 Å². The van der Waals surface area contributed by atoms with E-state index in [1.807, 2.05) is 20.8 Å².